The number of amides is 1. The molecule has 2 rings (SSSR count). The Morgan fingerprint density at radius 1 is 1.17 bits per heavy atom. The van der Waals surface area contributed by atoms with E-state index in [1.807, 2.05) is 55.6 Å². The molecule has 0 heterocycles. The monoisotopic (exact) mass is 347 g/mol. The molecule has 1 atom stereocenters. The van der Waals surface area contributed by atoms with Crippen molar-refractivity contribution in [1.82, 2.24) is 5.32 Å². The molecule has 0 saturated carbocycles. The van der Waals surface area contributed by atoms with Gasteiger partial charge in [-0.25, -0.2) is 0 Å². The lowest BCUT2D eigenvalue weighted by Crippen LogP contribution is -3.08. The summed E-state index contributed by atoms with van der Waals surface area (Å²) in [5, 5.41) is 3.70. The van der Waals surface area contributed by atoms with Gasteiger partial charge in [0.15, 0.2) is 6.54 Å². The van der Waals surface area contributed by atoms with E-state index in [0.29, 0.717) is 13.1 Å². The van der Waals surface area contributed by atoms with Crippen LogP contribution in [0.15, 0.2) is 48.5 Å². The van der Waals surface area contributed by atoms with Gasteiger partial charge in [-0.15, -0.1) is 0 Å². The first-order valence-corrected chi connectivity index (χ1v) is 8.40. The van der Waals surface area contributed by atoms with Gasteiger partial charge in [0, 0.05) is 17.1 Å². The highest BCUT2D eigenvalue weighted by Gasteiger charge is 2.10. The third kappa shape index (κ3) is 5.87. The van der Waals surface area contributed by atoms with Crippen LogP contribution in [-0.2, 0) is 17.8 Å². The van der Waals surface area contributed by atoms with Crippen molar-refractivity contribution in [2.45, 2.75) is 13.0 Å². The normalized spacial score (nSPS) is 11.8. The van der Waals surface area contributed by atoms with Crippen LogP contribution < -0.4 is 15.0 Å². The molecular weight excluding hydrogens is 324 g/mol. The van der Waals surface area contributed by atoms with Gasteiger partial charge < -0.3 is 15.0 Å². The molecule has 0 bridgehead atoms. The number of methoxy groups -OCH3 is 1. The Balaban J connectivity index is 1.73. The molecule has 0 saturated heterocycles. The lowest BCUT2D eigenvalue weighted by molar-refractivity contribution is -0.885. The van der Waals surface area contributed by atoms with Crippen molar-refractivity contribution in [3.63, 3.8) is 0 Å². The molecule has 2 N–H and O–H groups in total. The third-order valence-corrected chi connectivity index (χ3v) is 4.04. The molecule has 0 fully saturated rings. The largest absolute Gasteiger partial charge is 0.496 e. The van der Waals surface area contributed by atoms with Gasteiger partial charge in [-0.1, -0.05) is 41.9 Å². The molecule has 2 aromatic rings. The van der Waals surface area contributed by atoms with E-state index in [1.165, 1.54) is 5.56 Å². The second kappa shape index (κ2) is 9.30. The number of nitrogens with one attached hydrogen (secondary N) is 2. The maximum atomic E-state index is 12.1. The van der Waals surface area contributed by atoms with E-state index in [4.69, 9.17) is 16.3 Å². The minimum atomic E-state index is 0.0522. The summed E-state index contributed by atoms with van der Waals surface area (Å²) >= 11 is 5.88. The van der Waals surface area contributed by atoms with Gasteiger partial charge in [-0.2, -0.15) is 0 Å². The highest BCUT2D eigenvalue weighted by molar-refractivity contribution is 6.30. The van der Waals surface area contributed by atoms with Gasteiger partial charge in [0.2, 0.25) is 0 Å². The molecule has 5 heteroatoms. The highest BCUT2D eigenvalue weighted by Crippen LogP contribution is 2.17. The number of rotatable bonds is 8. The quantitative estimate of drug-likeness (QED) is 0.763. The molecule has 1 amide bonds. The number of hydrogen-bond acceptors (Lipinski definition) is 2. The van der Waals surface area contributed by atoms with Crippen LogP contribution in [0.5, 0.6) is 5.75 Å². The minimum absolute atomic E-state index is 0.0522. The number of hydrogen-bond donors (Lipinski definition) is 2. The summed E-state index contributed by atoms with van der Waals surface area (Å²) in [6, 6.07) is 15.6. The van der Waals surface area contributed by atoms with Crippen LogP contribution in [0.2, 0.25) is 5.02 Å². The van der Waals surface area contributed by atoms with E-state index in [9.17, 15) is 4.79 Å². The van der Waals surface area contributed by atoms with Crippen LogP contribution >= 0.6 is 11.6 Å². The number of quaternary nitrogens is 1. The Labute approximate surface area is 148 Å². The van der Waals surface area contributed by atoms with Crippen molar-refractivity contribution in [2.75, 3.05) is 27.2 Å². The number of carbonyl (C=O) groups excluding carboxylic acids is 1. The van der Waals surface area contributed by atoms with Gasteiger partial charge in [0.05, 0.1) is 14.2 Å². The minimum Gasteiger partial charge on any atom is -0.496 e. The molecule has 4 nitrogen and oxygen atoms in total. The zero-order valence-corrected chi connectivity index (χ0v) is 14.9. The van der Waals surface area contributed by atoms with Crippen molar-refractivity contribution in [1.29, 1.82) is 0 Å². The van der Waals surface area contributed by atoms with Crippen LogP contribution in [0.1, 0.15) is 11.1 Å². The first-order valence-electron chi connectivity index (χ1n) is 8.03. The second-order valence-corrected chi connectivity index (χ2v) is 6.29. The molecule has 0 aromatic heterocycles. The van der Waals surface area contributed by atoms with E-state index in [-0.39, 0.29) is 5.91 Å². The summed E-state index contributed by atoms with van der Waals surface area (Å²) in [5.74, 6) is 0.911. The van der Waals surface area contributed by atoms with Crippen molar-refractivity contribution < 1.29 is 14.4 Å². The van der Waals surface area contributed by atoms with E-state index in [2.05, 4.69) is 5.32 Å². The van der Waals surface area contributed by atoms with Gasteiger partial charge in [0.25, 0.3) is 5.91 Å². The van der Waals surface area contributed by atoms with Gasteiger partial charge >= 0.3 is 0 Å². The number of ether oxygens (including phenoxy) is 1. The molecule has 24 heavy (non-hydrogen) atoms. The first-order chi connectivity index (χ1) is 11.6. The molecule has 0 spiro atoms. The zero-order valence-electron chi connectivity index (χ0n) is 14.1. The number of carbonyl (C=O) groups is 1. The Morgan fingerprint density at radius 3 is 2.58 bits per heavy atom. The molecule has 2 aromatic carbocycles. The smallest absolute Gasteiger partial charge is 0.275 e. The van der Waals surface area contributed by atoms with Crippen molar-refractivity contribution >= 4 is 17.5 Å². The average molecular weight is 348 g/mol. The summed E-state index contributed by atoms with van der Waals surface area (Å²) in [6.07, 6.45) is 0.756. The van der Waals surface area contributed by atoms with Gasteiger partial charge in [0.1, 0.15) is 12.3 Å². The van der Waals surface area contributed by atoms with E-state index >= 15 is 0 Å². The molecule has 0 aliphatic carbocycles. The summed E-state index contributed by atoms with van der Waals surface area (Å²) in [7, 11) is 3.67. The lowest BCUT2D eigenvalue weighted by atomic mass is 10.1. The summed E-state index contributed by atoms with van der Waals surface area (Å²) in [6.45, 7) is 1.83. The molecule has 0 radical (unpaired) electrons. The standard InChI is InChI=1S/C19H23ClN2O2/c1-22(13-15-7-9-17(20)10-8-15)14-19(23)21-12-11-16-5-3-4-6-18(16)24-2/h3-10H,11-14H2,1-2H3,(H,21,23)/p+1. The lowest BCUT2D eigenvalue weighted by Gasteiger charge is -2.14. The Kier molecular flexibility index (Phi) is 7.09. The number of para-hydroxylation sites is 1. The fraction of sp³-hybridized carbons (Fsp3) is 0.316. The van der Waals surface area contributed by atoms with E-state index < -0.39 is 0 Å². The maximum absolute atomic E-state index is 12.1. The summed E-state index contributed by atoms with van der Waals surface area (Å²) < 4.78 is 5.32. The zero-order chi connectivity index (χ0) is 17.4. The summed E-state index contributed by atoms with van der Waals surface area (Å²) in [5.41, 5.74) is 2.26. The Morgan fingerprint density at radius 2 is 1.88 bits per heavy atom. The molecule has 0 aliphatic heterocycles. The topological polar surface area (TPSA) is 42.8 Å². The van der Waals surface area contributed by atoms with Gasteiger partial charge in [-0.3, -0.25) is 4.79 Å². The van der Waals surface area contributed by atoms with Crippen molar-refractivity contribution in [2.24, 2.45) is 0 Å². The van der Waals surface area contributed by atoms with Crippen LogP contribution in [0.25, 0.3) is 0 Å². The second-order valence-electron chi connectivity index (χ2n) is 5.85. The molecule has 128 valence electrons. The number of likely N-dealkylation sites (N-methyl/N-ethyl adjacent to an activating group) is 1. The van der Waals surface area contributed by atoms with Crippen LogP contribution in [0, 0.1) is 0 Å². The maximum Gasteiger partial charge on any atom is 0.275 e. The predicted octanol–water partition coefficient (Wildman–Crippen LogP) is 1.72. The van der Waals surface area contributed by atoms with Crippen LogP contribution in [0.4, 0.5) is 0 Å². The SMILES string of the molecule is COc1ccccc1CCNC(=O)C[NH+](C)Cc1ccc(Cl)cc1. The van der Waals surface area contributed by atoms with Crippen LogP contribution in [-0.4, -0.2) is 33.2 Å². The van der Waals surface area contributed by atoms with Gasteiger partial charge in [-0.05, 0) is 30.2 Å². The fourth-order valence-corrected chi connectivity index (χ4v) is 2.72. The average Bonchev–Trinajstić information content (AvgIpc) is 2.57. The molecule has 0 aliphatic rings. The van der Waals surface area contributed by atoms with E-state index in [0.717, 1.165) is 34.2 Å². The fourth-order valence-electron chi connectivity index (χ4n) is 2.60. The first kappa shape index (κ1) is 18.3. The Hall–Kier alpha value is -2.04. The van der Waals surface area contributed by atoms with Crippen molar-refractivity contribution in [3.05, 3.63) is 64.7 Å². The molecular formula is C19H24ClN2O2+. The van der Waals surface area contributed by atoms with E-state index in [1.54, 1.807) is 7.11 Å². The van der Waals surface area contributed by atoms with Crippen molar-refractivity contribution in [3.8, 4) is 5.75 Å². The predicted molar refractivity (Wildman–Crippen MR) is 96.6 cm³/mol. The van der Waals surface area contributed by atoms with Crippen LogP contribution in [0.3, 0.4) is 0 Å². The summed E-state index contributed by atoms with van der Waals surface area (Å²) in [4.78, 5) is 13.2. The Bertz CT molecular complexity index is 659. The highest BCUT2D eigenvalue weighted by atomic mass is 35.5. The third-order valence-electron chi connectivity index (χ3n) is 3.79. The number of benzene rings is 2. The molecule has 1 unspecified atom stereocenters. The number of halogens is 1.